The molecule has 4 nitrogen and oxygen atoms in total. The fraction of sp³-hybridized carbons (Fsp3) is 0.500. The predicted octanol–water partition coefficient (Wildman–Crippen LogP) is 1.02. The van der Waals surface area contributed by atoms with Gasteiger partial charge in [0.15, 0.2) is 0 Å². The van der Waals surface area contributed by atoms with Crippen LogP contribution in [0.15, 0.2) is 11.8 Å². The smallest absolute Gasteiger partial charge is 0.380 e. The van der Waals surface area contributed by atoms with E-state index >= 15 is 0 Å². The van der Waals surface area contributed by atoms with Gasteiger partial charge in [0.05, 0.1) is 6.61 Å². The van der Waals surface area contributed by atoms with E-state index in [0.717, 1.165) is 0 Å². The Kier molecular flexibility index (Phi) is 5.69. The zero-order chi connectivity index (χ0) is 9.40. The highest BCUT2D eigenvalue weighted by atomic mass is 16.6. The highest BCUT2D eigenvalue weighted by Crippen LogP contribution is 2.01. The Labute approximate surface area is 71.2 Å². The van der Waals surface area contributed by atoms with Crippen molar-refractivity contribution in [1.29, 1.82) is 0 Å². The molecule has 0 rings (SSSR count). The highest BCUT2D eigenvalue weighted by molar-refractivity contribution is 5.90. The molecule has 0 aromatic heterocycles. The van der Waals surface area contributed by atoms with Crippen LogP contribution in [0.2, 0.25) is 0 Å². The second-order valence-electron chi connectivity index (χ2n) is 1.91. The summed E-state index contributed by atoms with van der Waals surface area (Å²) in [5.74, 6) is -0.652. The average Bonchev–Trinajstić information content (AvgIpc) is 2.04. The summed E-state index contributed by atoms with van der Waals surface area (Å²) in [5.41, 5.74) is 0. The Morgan fingerprint density at radius 1 is 1.42 bits per heavy atom. The van der Waals surface area contributed by atoms with E-state index in [9.17, 15) is 9.59 Å². The van der Waals surface area contributed by atoms with Crippen molar-refractivity contribution in [3.05, 3.63) is 11.8 Å². The van der Waals surface area contributed by atoms with Crippen LogP contribution >= 0.6 is 0 Å². The van der Waals surface area contributed by atoms with E-state index in [4.69, 9.17) is 4.74 Å². The molecule has 0 aliphatic heterocycles. The lowest BCUT2D eigenvalue weighted by Gasteiger charge is -2.03. The predicted molar refractivity (Wildman–Crippen MR) is 42.2 cm³/mol. The summed E-state index contributed by atoms with van der Waals surface area (Å²) >= 11 is 0. The molecule has 0 saturated heterocycles. The number of ether oxygens (including phenoxy) is 2. The summed E-state index contributed by atoms with van der Waals surface area (Å²) in [4.78, 5) is 20.7. The lowest BCUT2D eigenvalue weighted by atomic mass is 10.4. The number of hydrogen-bond donors (Lipinski definition) is 0. The third kappa shape index (κ3) is 3.75. The summed E-state index contributed by atoms with van der Waals surface area (Å²) in [6, 6.07) is 0. The summed E-state index contributed by atoms with van der Waals surface area (Å²) in [5, 5.41) is 0. The molecule has 0 saturated carbocycles. The topological polar surface area (TPSA) is 52.6 Å². The molecule has 0 radical (unpaired) electrons. The molecule has 68 valence electrons. The Hall–Kier alpha value is -1.32. The van der Waals surface area contributed by atoms with Crippen LogP contribution in [0, 0.1) is 0 Å². The molecule has 0 N–H and O–H groups in total. The van der Waals surface area contributed by atoms with Crippen molar-refractivity contribution in [2.24, 2.45) is 0 Å². The molecule has 0 atom stereocenters. The molecule has 0 spiro atoms. The van der Waals surface area contributed by atoms with Crippen molar-refractivity contribution in [2.75, 3.05) is 6.61 Å². The van der Waals surface area contributed by atoms with E-state index in [-0.39, 0.29) is 12.2 Å². The SMILES string of the molecule is CCC=C(OCC)C(=O)OC=O. The summed E-state index contributed by atoms with van der Waals surface area (Å²) in [6.07, 6.45) is 2.22. The van der Waals surface area contributed by atoms with Gasteiger partial charge in [-0.1, -0.05) is 6.92 Å². The van der Waals surface area contributed by atoms with Gasteiger partial charge in [-0.2, -0.15) is 0 Å². The molecule has 0 aromatic rings. The van der Waals surface area contributed by atoms with Crippen molar-refractivity contribution in [3.8, 4) is 0 Å². The van der Waals surface area contributed by atoms with Gasteiger partial charge < -0.3 is 9.47 Å². The monoisotopic (exact) mass is 172 g/mol. The zero-order valence-corrected chi connectivity index (χ0v) is 7.20. The van der Waals surface area contributed by atoms with E-state index in [1.165, 1.54) is 0 Å². The number of carbonyl (C=O) groups is 2. The maximum Gasteiger partial charge on any atom is 0.380 e. The minimum atomic E-state index is -0.742. The fourth-order valence-corrected chi connectivity index (χ4v) is 0.644. The first-order valence-electron chi connectivity index (χ1n) is 3.73. The van der Waals surface area contributed by atoms with Crippen LogP contribution in [-0.4, -0.2) is 19.0 Å². The van der Waals surface area contributed by atoms with Crippen LogP contribution in [-0.2, 0) is 19.1 Å². The van der Waals surface area contributed by atoms with Gasteiger partial charge in [0.1, 0.15) is 0 Å². The fourth-order valence-electron chi connectivity index (χ4n) is 0.644. The van der Waals surface area contributed by atoms with Crippen LogP contribution in [0.4, 0.5) is 0 Å². The minimum Gasteiger partial charge on any atom is -0.487 e. The standard InChI is InChI=1S/C8H12O4/c1-3-5-7(11-4-2)8(10)12-6-9/h5-6H,3-4H2,1-2H3. The second-order valence-corrected chi connectivity index (χ2v) is 1.91. The van der Waals surface area contributed by atoms with Gasteiger partial charge in [0.25, 0.3) is 0 Å². The Morgan fingerprint density at radius 2 is 2.08 bits per heavy atom. The summed E-state index contributed by atoms with van der Waals surface area (Å²) in [6.45, 7) is 4.07. The highest BCUT2D eigenvalue weighted by Gasteiger charge is 2.10. The second kappa shape index (κ2) is 6.39. The first-order valence-corrected chi connectivity index (χ1v) is 3.73. The third-order valence-electron chi connectivity index (χ3n) is 1.05. The van der Waals surface area contributed by atoms with Crippen molar-refractivity contribution in [2.45, 2.75) is 20.3 Å². The molecule has 12 heavy (non-hydrogen) atoms. The van der Waals surface area contributed by atoms with E-state index in [1.54, 1.807) is 13.0 Å². The van der Waals surface area contributed by atoms with Crippen LogP contribution < -0.4 is 0 Å². The lowest BCUT2D eigenvalue weighted by molar-refractivity contribution is -0.150. The van der Waals surface area contributed by atoms with E-state index < -0.39 is 5.97 Å². The first kappa shape index (κ1) is 10.7. The van der Waals surface area contributed by atoms with Gasteiger partial charge >= 0.3 is 12.4 Å². The number of carbonyl (C=O) groups excluding carboxylic acids is 2. The van der Waals surface area contributed by atoms with Gasteiger partial charge in [-0.25, -0.2) is 4.79 Å². The molecule has 0 bridgehead atoms. The molecule has 0 aliphatic carbocycles. The van der Waals surface area contributed by atoms with E-state index in [1.807, 2.05) is 6.92 Å². The van der Waals surface area contributed by atoms with Crippen LogP contribution in [0.25, 0.3) is 0 Å². The molecule has 4 heteroatoms. The maximum absolute atomic E-state index is 10.9. The quantitative estimate of drug-likeness (QED) is 0.204. The summed E-state index contributed by atoms with van der Waals surface area (Å²) in [7, 11) is 0. The maximum atomic E-state index is 10.9. The largest absolute Gasteiger partial charge is 0.487 e. The van der Waals surface area contributed by atoms with Gasteiger partial charge in [0.2, 0.25) is 5.76 Å². The molecular weight excluding hydrogens is 160 g/mol. The van der Waals surface area contributed by atoms with Crippen molar-refractivity contribution in [1.82, 2.24) is 0 Å². The van der Waals surface area contributed by atoms with E-state index in [2.05, 4.69) is 4.74 Å². The molecule has 0 aromatic carbocycles. The molecule has 0 aliphatic rings. The van der Waals surface area contributed by atoms with Crippen molar-refractivity contribution >= 4 is 12.4 Å². The minimum absolute atomic E-state index is 0.0881. The zero-order valence-electron chi connectivity index (χ0n) is 7.20. The van der Waals surface area contributed by atoms with Crippen molar-refractivity contribution < 1.29 is 19.1 Å². The molecular formula is C8H12O4. The van der Waals surface area contributed by atoms with Gasteiger partial charge in [0, 0.05) is 0 Å². The summed E-state index contributed by atoms with van der Waals surface area (Å²) < 4.78 is 9.02. The van der Waals surface area contributed by atoms with Crippen molar-refractivity contribution in [3.63, 3.8) is 0 Å². The van der Waals surface area contributed by atoms with E-state index in [0.29, 0.717) is 13.0 Å². The van der Waals surface area contributed by atoms with Gasteiger partial charge in [-0.15, -0.1) is 0 Å². The normalized spacial score (nSPS) is 10.7. The van der Waals surface area contributed by atoms with Gasteiger partial charge in [-0.3, -0.25) is 4.79 Å². The third-order valence-corrected chi connectivity index (χ3v) is 1.05. The Morgan fingerprint density at radius 3 is 2.50 bits per heavy atom. The Bertz CT molecular complexity index is 183. The van der Waals surface area contributed by atoms with Crippen LogP contribution in [0.3, 0.4) is 0 Å². The number of allylic oxidation sites excluding steroid dienone is 1. The van der Waals surface area contributed by atoms with Crippen LogP contribution in [0.5, 0.6) is 0 Å². The van der Waals surface area contributed by atoms with Gasteiger partial charge in [-0.05, 0) is 19.4 Å². The Balaban J connectivity index is 4.18. The number of rotatable bonds is 5. The number of esters is 1. The lowest BCUT2D eigenvalue weighted by Crippen LogP contribution is -2.09. The van der Waals surface area contributed by atoms with Crippen LogP contribution in [0.1, 0.15) is 20.3 Å². The molecule has 0 unspecified atom stereocenters. The molecule has 0 heterocycles. The molecule has 0 amide bonds. The average molecular weight is 172 g/mol. The first-order chi connectivity index (χ1) is 5.76. The molecule has 0 fully saturated rings. The number of hydrogen-bond acceptors (Lipinski definition) is 4.